The molecule has 4 rings (SSSR count). The van der Waals surface area contributed by atoms with Gasteiger partial charge in [0, 0.05) is 37.5 Å². The highest BCUT2D eigenvalue weighted by molar-refractivity contribution is 5.71. The molecule has 0 radical (unpaired) electrons. The van der Waals surface area contributed by atoms with Gasteiger partial charge in [0.2, 0.25) is 0 Å². The first-order valence-electron chi connectivity index (χ1n) is 11.2. The summed E-state index contributed by atoms with van der Waals surface area (Å²) in [5.74, 6) is 0.120. The van der Waals surface area contributed by atoms with Crippen molar-refractivity contribution in [3.8, 4) is 0 Å². The first-order valence-corrected chi connectivity index (χ1v) is 11.2. The van der Waals surface area contributed by atoms with Crippen LogP contribution in [0.25, 0.3) is 0 Å². The Morgan fingerprint density at radius 1 is 0.931 bits per heavy atom. The Balaban J connectivity index is 1.59. The van der Waals surface area contributed by atoms with E-state index in [1.807, 2.05) is 0 Å². The maximum atomic E-state index is 12.8. The van der Waals surface area contributed by atoms with E-state index in [2.05, 4.69) is 13.8 Å². The van der Waals surface area contributed by atoms with Crippen molar-refractivity contribution >= 4 is 17.9 Å². The minimum atomic E-state index is -0.247. The van der Waals surface area contributed by atoms with Crippen molar-refractivity contribution in [2.24, 2.45) is 28.6 Å². The Hall–Kier alpha value is -1.59. The molecule has 162 valence electrons. The van der Waals surface area contributed by atoms with Crippen molar-refractivity contribution in [3.63, 3.8) is 0 Å². The zero-order valence-corrected chi connectivity index (χ0v) is 18.1. The van der Waals surface area contributed by atoms with Gasteiger partial charge in [-0.1, -0.05) is 13.8 Å². The molecule has 6 heteroatoms. The molecule has 0 aromatic carbocycles. The number of ether oxygens (including phenoxy) is 3. The van der Waals surface area contributed by atoms with Crippen LogP contribution < -0.4 is 0 Å². The average molecular weight is 407 g/mol. The predicted octanol–water partition coefficient (Wildman–Crippen LogP) is 3.80. The normalized spacial score (nSPS) is 46.4. The molecule has 8 atom stereocenters. The highest BCUT2D eigenvalue weighted by atomic mass is 16.6. The van der Waals surface area contributed by atoms with Gasteiger partial charge < -0.3 is 14.2 Å². The van der Waals surface area contributed by atoms with Crippen LogP contribution in [0, 0.1) is 28.6 Å². The van der Waals surface area contributed by atoms with Gasteiger partial charge in [0.05, 0.1) is 0 Å². The van der Waals surface area contributed by atoms with E-state index in [4.69, 9.17) is 14.2 Å². The summed E-state index contributed by atoms with van der Waals surface area (Å²) in [5.41, 5.74) is -0.118. The molecule has 6 nitrogen and oxygen atoms in total. The molecule has 0 amide bonds. The molecule has 29 heavy (non-hydrogen) atoms. The molecule has 1 saturated heterocycles. The third kappa shape index (κ3) is 3.46. The van der Waals surface area contributed by atoms with Crippen LogP contribution in [0.3, 0.4) is 0 Å². The maximum absolute atomic E-state index is 12.8. The minimum absolute atomic E-state index is 0.00826. The molecule has 0 N–H and O–H groups in total. The van der Waals surface area contributed by atoms with E-state index in [1.165, 1.54) is 13.8 Å². The zero-order chi connectivity index (χ0) is 21.0. The number of carbonyl (C=O) groups excluding carboxylic acids is 3. The molecule has 1 aliphatic heterocycles. The number of esters is 3. The summed E-state index contributed by atoms with van der Waals surface area (Å²) in [6.45, 7) is 7.46. The third-order valence-electron chi connectivity index (χ3n) is 8.76. The van der Waals surface area contributed by atoms with Crippen molar-refractivity contribution < 1.29 is 28.6 Å². The minimum Gasteiger partial charge on any atom is -0.463 e. The van der Waals surface area contributed by atoms with Crippen LogP contribution in [0.4, 0.5) is 0 Å². The van der Waals surface area contributed by atoms with Crippen LogP contribution in [0.1, 0.15) is 79.1 Å². The van der Waals surface area contributed by atoms with E-state index in [0.29, 0.717) is 12.3 Å². The van der Waals surface area contributed by atoms with Crippen LogP contribution in [0.15, 0.2) is 0 Å². The van der Waals surface area contributed by atoms with Gasteiger partial charge >= 0.3 is 17.9 Å². The van der Waals surface area contributed by atoms with Gasteiger partial charge in [-0.3, -0.25) is 14.4 Å². The summed E-state index contributed by atoms with van der Waals surface area (Å²) in [5, 5.41) is 0. The summed E-state index contributed by atoms with van der Waals surface area (Å²) < 4.78 is 17.3. The second-order valence-electron chi connectivity index (χ2n) is 10.3. The van der Waals surface area contributed by atoms with E-state index in [9.17, 15) is 14.4 Å². The maximum Gasteiger partial charge on any atom is 0.306 e. The number of carbonyl (C=O) groups is 3. The van der Waals surface area contributed by atoms with Gasteiger partial charge in [0.25, 0.3) is 0 Å². The lowest BCUT2D eigenvalue weighted by molar-refractivity contribution is -0.175. The molecular weight excluding hydrogens is 372 g/mol. The molecule has 4 aliphatic rings. The molecule has 0 aromatic rings. The van der Waals surface area contributed by atoms with Crippen molar-refractivity contribution in [3.05, 3.63) is 0 Å². The zero-order valence-electron chi connectivity index (χ0n) is 18.1. The summed E-state index contributed by atoms with van der Waals surface area (Å²) in [6.07, 6.45) is 6.40. The Morgan fingerprint density at radius 2 is 1.59 bits per heavy atom. The van der Waals surface area contributed by atoms with Gasteiger partial charge in [-0.15, -0.1) is 0 Å². The van der Waals surface area contributed by atoms with Crippen LogP contribution in [-0.2, 0) is 28.6 Å². The summed E-state index contributed by atoms with van der Waals surface area (Å²) >= 11 is 0. The Labute approximate surface area is 173 Å². The lowest BCUT2D eigenvalue weighted by Crippen LogP contribution is -2.54. The number of rotatable bonds is 2. The Bertz CT molecular complexity index is 703. The van der Waals surface area contributed by atoms with Crippen molar-refractivity contribution in [1.29, 1.82) is 0 Å². The second-order valence-corrected chi connectivity index (χ2v) is 10.3. The highest BCUT2D eigenvalue weighted by Crippen LogP contribution is 2.62. The van der Waals surface area contributed by atoms with Crippen LogP contribution in [0.2, 0.25) is 0 Å². The first-order chi connectivity index (χ1) is 13.6. The van der Waals surface area contributed by atoms with Crippen LogP contribution in [-0.4, -0.2) is 36.2 Å². The fourth-order valence-electron chi connectivity index (χ4n) is 7.22. The first kappa shape index (κ1) is 20.7. The topological polar surface area (TPSA) is 78.9 Å². The fraction of sp³-hybridized carbons (Fsp3) is 0.870. The quantitative estimate of drug-likeness (QED) is 0.513. The molecule has 1 heterocycles. The Morgan fingerprint density at radius 3 is 2.28 bits per heavy atom. The van der Waals surface area contributed by atoms with Gasteiger partial charge in [-0.2, -0.15) is 0 Å². The molecule has 8 unspecified atom stereocenters. The number of fused-ring (bicyclic) bond motifs is 5. The van der Waals surface area contributed by atoms with Crippen molar-refractivity contribution in [2.45, 2.75) is 97.4 Å². The van der Waals surface area contributed by atoms with Crippen molar-refractivity contribution in [2.75, 3.05) is 0 Å². The number of hydrogen-bond donors (Lipinski definition) is 0. The predicted molar refractivity (Wildman–Crippen MR) is 105 cm³/mol. The molecule has 3 aliphatic carbocycles. The van der Waals surface area contributed by atoms with Crippen molar-refractivity contribution in [1.82, 2.24) is 0 Å². The van der Waals surface area contributed by atoms with Crippen LogP contribution in [0.5, 0.6) is 0 Å². The molecule has 0 spiro atoms. The number of hydrogen-bond acceptors (Lipinski definition) is 6. The lowest BCUT2D eigenvalue weighted by Gasteiger charge is -2.54. The molecule has 0 bridgehead atoms. The van der Waals surface area contributed by atoms with E-state index < -0.39 is 0 Å². The third-order valence-corrected chi connectivity index (χ3v) is 8.76. The second kappa shape index (κ2) is 7.28. The summed E-state index contributed by atoms with van der Waals surface area (Å²) in [6, 6.07) is 0. The van der Waals surface area contributed by atoms with E-state index in [1.54, 1.807) is 0 Å². The molecule has 0 aromatic heterocycles. The summed E-state index contributed by atoms with van der Waals surface area (Å²) in [4.78, 5) is 35.8. The highest BCUT2D eigenvalue weighted by Gasteiger charge is 2.62. The van der Waals surface area contributed by atoms with Crippen LogP contribution >= 0.6 is 0 Å². The van der Waals surface area contributed by atoms with Gasteiger partial charge in [0.15, 0.2) is 0 Å². The lowest BCUT2D eigenvalue weighted by atomic mass is 9.52. The van der Waals surface area contributed by atoms with Gasteiger partial charge in [0.1, 0.15) is 18.3 Å². The summed E-state index contributed by atoms with van der Waals surface area (Å²) in [7, 11) is 0. The molecule has 3 saturated carbocycles. The standard InChI is InChI=1S/C23H34O6/c1-13(24)27-16-7-9-22(3)15(11-16)12-20(26)29-21-17-5-6-19(28-14(2)25)23(17,4)10-8-18(21)22/h15-19,21H,5-12H2,1-4H3. The van der Waals surface area contributed by atoms with E-state index in [-0.39, 0.29) is 58.9 Å². The van der Waals surface area contributed by atoms with Gasteiger partial charge in [-0.05, 0) is 56.3 Å². The smallest absolute Gasteiger partial charge is 0.306 e. The fourth-order valence-corrected chi connectivity index (χ4v) is 7.22. The molecular formula is C23H34O6. The monoisotopic (exact) mass is 406 g/mol. The average Bonchev–Trinajstić information content (AvgIpc) is 2.88. The van der Waals surface area contributed by atoms with Gasteiger partial charge in [-0.25, -0.2) is 0 Å². The molecule has 4 fully saturated rings. The van der Waals surface area contributed by atoms with E-state index in [0.717, 1.165) is 44.9 Å². The Kier molecular flexibility index (Phi) is 5.19. The SMILES string of the molecule is CC(=O)OC1CCC2(C)C(CC(=O)OC3C2CCC2(C)C(OC(C)=O)CCC32)C1. The largest absolute Gasteiger partial charge is 0.463 e. The van der Waals surface area contributed by atoms with E-state index >= 15 is 0 Å².